The van der Waals surface area contributed by atoms with Gasteiger partial charge in [0.1, 0.15) is 5.82 Å². The summed E-state index contributed by atoms with van der Waals surface area (Å²) >= 11 is 5.89. The summed E-state index contributed by atoms with van der Waals surface area (Å²) in [6.45, 7) is 0.638. The summed E-state index contributed by atoms with van der Waals surface area (Å²) < 4.78 is 41.2. The lowest BCUT2D eigenvalue weighted by Gasteiger charge is -2.36. The van der Waals surface area contributed by atoms with Gasteiger partial charge >= 0.3 is 0 Å². The highest BCUT2D eigenvalue weighted by atomic mass is 35.5. The van der Waals surface area contributed by atoms with Crippen molar-refractivity contribution >= 4 is 21.8 Å². The Kier molecular flexibility index (Phi) is 5.60. The average molecular weight is 335 g/mol. The molecular formula is C14H20ClFN2O2S. The summed E-state index contributed by atoms with van der Waals surface area (Å²) in [5, 5.41) is 0. The summed E-state index contributed by atoms with van der Waals surface area (Å²) in [5.41, 5.74) is 0.625. The van der Waals surface area contributed by atoms with E-state index < -0.39 is 10.2 Å². The molecule has 7 heteroatoms. The second-order valence-electron chi connectivity index (χ2n) is 5.31. The first-order valence-electron chi connectivity index (χ1n) is 6.98. The minimum atomic E-state index is -3.57. The van der Waals surface area contributed by atoms with Gasteiger partial charge in [0.15, 0.2) is 0 Å². The van der Waals surface area contributed by atoms with Crippen LogP contribution >= 0.6 is 11.6 Å². The van der Waals surface area contributed by atoms with Crippen molar-refractivity contribution in [1.29, 1.82) is 0 Å². The SMILES string of the molecule is CN(Cc1cccc(F)c1)S(=O)(=O)N1CCCCC1CCl. The average Bonchev–Trinajstić information content (AvgIpc) is 2.47. The lowest BCUT2D eigenvalue weighted by Crippen LogP contribution is -2.50. The molecule has 1 aliphatic rings. The van der Waals surface area contributed by atoms with Crippen molar-refractivity contribution in [3.63, 3.8) is 0 Å². The molecule has 4 nitrogen and oxygen atoms in total. The van der Waals surface area contributed by atoms with E-state index in [-0.39, 0.29) is 18.4 Å². The smallest absolute Gasteiger partial charge is 0.207 e. The summed E-state index contributed by atoms with van der Waals surface area (Å²) in [5.74, 6) is -0.0672. The van der Waals surface area contributed by atoms with Crippen LogP contribution in [0.25, 0.3) is 0 Å². The molecule has 0 radical (unpaired) electrons. The molecule has 1 aromatic rings. The van der Waals surface area contributed by atoms with Gasteiger partial charge in [0.05, 0.1) is 0 Å². The second kappa shape index (κ2) is 7.05. The van der Waals surface area contributed by atoms with Crippen LogP contribution in [0, 0.1) is 5.82 Å². The van der Waals surface area contributed by atoms with E-state index in [1.165, 1.54) is 27.8 Å². The van der Waals surface area contributed by atoms with Gasteiger partial charge < -0.3 is 0 Å². The Bertz CT molecular complexity index is 582. The van der Waals surface area contributed by atoms with E-state index >= 15 is 0 Å². The van der Waals surface area contributed by atoms with Gasteiger partial charge in [-0.2, -0.15) is 17.0 Å². The fourth-order valence-electron chi connectivity index (χ4n) is 2.59. The Hall–Kier alpha value is -0.690. The van der Waals surface area contributed by atoms with E-state index in [1.54, 1.807) is 12.1 Å². The van der Waals surface area contributed by atoms with Crippen LogP contribution in [0.15, 0.2) is 24.3 Å². The van der Waals surface area contributed by atoms with Crippen molar-refractivity contribution in [1.82, 2.24) is 8.61 Å². The molecular weight excluding hydrogens is 315 g/mol. The summed E-state index contributed by atoms with van der Waals surface area (Å²) in [4.78, 5) is 0. The Balaban J connectivity index is 2.14. The van der Waals surface area contributed by atoms with Gasteiger partial charge in [-0.1, -0.05) is 18.6 Å². The number of rotatable bonds is 5. The highest BCUT2D eigenvalue weighted by Crippen LogP contribution is 2.23. The van der Waals surface area contributed by atoms with Gasteiger partial charge in [0.2, 0.25) is 0 Å². The minimum Gasteiger partial charge on any atom is -0.207 e. The zero-order chi connectivity index (χ0) is 15.5. The molecule has 1 saturated heterocycles. The predicted octanol–water partition coefficient (Wildman–Crippen LogP) is 2.60. The fraction of sp³-hybridized carbons (Fsp3) is 0.571. The molecule has 1 heterocycles. The largest absolute Gasteiger partial charge is 0.282 e. The first kappa shape index (κ1) is 16.7. The maximum absolute atomic E-state index is 13.2. The molecule has 1 aliphatic heterocycles. The van der Waals surface area contributed by atoms with Crippen LogP contribution in [-0.2, 0) is 16.8 Å². The molecule has 21 heavy (non-hydrogen) atoms. The summed E-state index contributed by atoms with van der Waals surface area (Å²) in [6.07, 6.45) is 2.63. The van der Waals surface area contributed by atoms with Crippen LogP contribution in [0.5, 0.6) is 0 Å². The number of nitrogens with zero attached hydrogens (tertiary/aromatic N) is 2. The van der Waals surface area contributed by atoms with Crippen molar-refractivity contribution in [3.8, 4) is 0 Å². The third-order valence-corrected chi connectivity index (χ3v) is 6.08. The maximum Gasteiger partial charge on any atom is 0.282 e. The number of benzene rings is 1. The van der Waals surface area contributed by atoms with Gasteiger partial charge in [-0.05, 0) is 30.5 Å². The van der Waals surface area contributed by atoms with Gasteiger partial charge in [-0.15, -0.1) is 11.6 Å². The van der Waals surface area contributed by atoms with Gasteiger partial charge in [0.25, 0.3) is 10.2 Å². The van der Waals surface area contributed by atoms with Crippen LogP contribution < -0.4 is 0 Å². The molecule has 1 unspecified atom stereocenters. The predicted molar refractivity (Wildman–Crippen MR) is 81.9 cm³/mol. The first-order chi connectivity index (χ1) is 9.95. The molecule has 118 valence electrons. The van der Waals surface area contributed by atoms with Crippen LogP contribution in [0.3, 0.4) is 0 Å². The molecule has 0 aromatic heterocycles. The first-order valence-corrected chi connectivity index (χ1v) is 8.92. The standard InChI is InChI=1S/C14H20ClFN2O2S/c1-17(11-12-5-4-6-13(16)9-12)21(19,20)18-8-3-2-7-14(18)10-15/h4-6,9,14H,2-3,7-8,10-11H2,1H3. The number of alkyl halides is 1. The van der Waals surface area contributed by atoms with E-state index in [1.807, 2.05) is 0 Å². The Labute approximate surface area is 130 Å². The molecule has 0 spiro atoms. The summed E-state index contributed by atoms with van der Waals surface area (Å²) in [6, 6.07) is 5.83. The molecule has 0 N–H and O–H groups in total. The molecule has 0 amide bonds. The Morgan fingerprint density at radius 2 is 2.19 bits per heavy atom. The van der Waals surface area contributed by atoms with Crippen molar-refractivity contribution in [2.45, 2.75) is 31.8 Å². The van der Waals surface area contributed by atoms with Gasteiger partial charge in [-0.25, -0.2) is 4.39 Å². The van der Waals surface area contributed by atoms with Crippen molar-refractivity contribution < 1.29 is 12.8 Å². The maximum atomic E-state index is 13.2. The van der Waals surface area contributed by atoms with E-state index in [0.29, 0.717) is 18.0 Å². The zero-order valence-electron chi connectivity index (χ0n) is 12.0. The molecule has 0 bridgehead atoms. The van der Waals surface area contributed by atoms with Crippen molar-refractivity contribution in [2.24, 2.45) is 0 Å². The Morgan fingerprint density at radius 3 is 2.86 bits per heavy atom. The normalized spacial score (nSPS) is 20.9. The Morgan fingerprint density at radius 1 is 1.43 bits per heavy atom. The zero-order valence-corrected chi connectivity index (χ0v) is 13.6. The van der Waals surface area contributed by atoms with Crippen molar-refractivity contribution in [3.05, 3.63) is 35.6 Å². The minimum absolute atomic E-state index is 0.144. The van der Waals surface area contributed by atoms with Crippen LogP contribution in [-0.4, -0.2) is 42.5 Å². The number of hydrogen-bond donors (Lipinski definition) is 0. The van der Waals surface area contributed by atoms with Crippen LogP contribution in [0.1, 0.15) is 24.8 Å². The van der Waals surface area contributed by atoms with Gasteiger partial charge in [-0.3, -0.25) is 0 Å². The van der Waals surface area contributed by atoms with E-state index in [2.05, 4.69) is 0 Å². The molecule has 0 saturated carbocycles. The lowest BCUT2D eigenvalue weighted by molar-refractivity contribution is 0.251. The summed E-state index contributed by atoms with van der Waals surface area (Å²) in [7, 11) is -2.06. The highest BCUT2D eigenvalue weighted by Gasteiger charge is 2.34. The number of halogens is 2. The third-order valence-electron chi connectivity index (χ3n) is 3.74. The number of piperidine rings is 1. The van der Waals surface area contributed by atoms with E-state index in [0.717, 1.165) is 19.3 Å². The molecule has 1 atom stereocenters. The fourth-order valence-corrected chi connectivity index (χ4v) is 4.57. The van der Waals surface area contributed by atoms with Crippen LogP contribution in [0.2, 0.25) is 0 Å². The highest BCUT2D eigenvalue weighted by molar-refractivity contribution is 7.86. The third kappa shape index (κ3) is 3.94. The van der Waals surface area contributed by atoms with Crippen molar-refractivity contribution in [2.75, 3.05) is 19.5 Å². The van der Waals surface area contributed by atoms with Gasteiger partial charge in [0, 0.05) is 32.1 Å². The quantitative estimate of drug-likeness (QED) is 0.777. The molecule has 0 aliphatic carbocycles. The van der Waals surface area contributed by atoms with E-state index in [4.69, 9.17) is 11.6 Å². The number of hydrogen-bond acceptors (Lipinski definition) is 2. The monoisotopic (exact) mass is 334 g/mol. The lowest BCUT2D eigenvalue weighted by atomic mass is 10.1. The second-order valence-corrected chi connectivity index (χ2v) is 7.61. The van der Waals surface area contributed by atoms with Crippen LogP contribution in [0.4, 0.5) is 4.39 Å². The molecule has 2 rings (SSSR count). The topological polar surface area (TPSA) is 40.6 Å². The molecule has 1 aromatic carbocycles. The molecule has 1 fully saturated rings. The van der Waals surface area contributed by atoms with E-state index in [9.17, 15) is 12.8 Å².